The van der Waals surface area contributed by atoms with Crippen molar-refractivity contribution < 1.29 is 14.3 Å². The number of aryl methyl sites for hydroxylation is 1. The summed E-state index contributed by atoms with van der Waals surface area (Å²) in [4.78, 5) is 25.5. The maximum absolute atomic E-state index is 12.5. The second kappa shape index (κ2) is 9.25. The van der Waals surface area contributed by atoms with Crippen LogP contribution >= 0.6 is 0 Å². The summed E-state index contributed by atoms with van der Waals surface area (Å²) >= 11 is 0. The van der Waals surface area contributed by atoms with Crippen molar-refractivity contribution in [2.75, 3.05) is 56.7 Å². The van der Waals surface area contributed by atoms with Crippen molar-refractivity contribution in [2.45, 2.75) is 13.8 Å². The Labute approximate surface area is 165 Å². The number of aromatic nitrogens is 2. The van der Waals surface area contributed by atoms with Gasteiger partial charge in [-0.05, 0) is 26.0 Å². The van der Waals surface area contributed by atoms with E-state index in [1.807, 2.05) is 43.0 Å². The van der Waals surface area contributed by atoms with E-state index in [1.165, 1.54) is 0 Å². The number of para-hydroxylation sites is 2. The molecule has 0 radical (unpaired) electrons. The van der Waals surface area contributed by atoms with Crippen molar-refractivity contribution in [3.8, 4) is 11.5 Å². The Morgan fingerprint density at radius 3 is 2.54 bits per heavy atom. The largest absolute Gasteiger partial charge is 0.493 e. The smallest absolute Gasteiger partial charge is 0.260 e. The molecule has 1 amide bonds. The summed E-state index contributed by atoms with van der Waals surface area (Å²) in [5.41, 5.74) is 0.921. The van der Waals surface area contributed by atoms with Gasteiger partial charge in [-0.3, -0.25) is 4.79 Å². The topological polar surface area (TPSA) is 79.8 Å². The van der Waals surface area contributed by atoms with E-state index in [2.05, 4.69) is 20.2 Å². The van der Waals surface area contributed by atoms with Crippen molar-refractivity contribution in [1.29, 1.82) is 0 Å². The number of piperazine rings is 1. The second-order valence-electron chi connectivity index (χ2n) is 6.53. The molecule has 150 valence electrons. The number of carbonyl (C=O) groups excluding carboxylic acids is 1. The lowest BCUT2D eigenvalue weighted by Gasteiger charge is -2.35. The third kappa shape index (κ3) is 4.82. The molecule has 28 heavy (non-hydrogen) atoms. The number of amides is 1. The van der Waals surface area contributed by atoms with Gasteiger partial charge in [0.2, 0.25) is 5.95 Å². The first-order valence-electron chi connectivity index (χ1n) is 9.48. The summed E-state index contributed by atoms with van der Waals surface area (Å²) in [6.07, 6.45) is 0. The molecular weight excluding hydrogens is 358 g/mol. The Kier molecular flexibility index (Phi) is 6.52. The first-order valence-corrected chi connectivity index (χ1v) is 9.48. The van der Waals surface area contributed by atoms with Crippen LogP contribution in [0.1, 0.15) is 12.6 Å². The zero-order valence-electron chi connectivity index (χ0n) is 16.6. The molecule has 0 spiro atoms. The number of benzene rings is 1. The molecule has 1 aromatic heterocycles. The summed E-state index contributed by atoms with van der Waals surface area (Å²) in [6.45, 7) is 7.46. The fourth-order valence-electron chi connectivity index (χ4n) is 3.10. The third-order valence-electron chi connectivity index (χ3n) is 4.55. The van der Waals surface area contributed by atoms with Crippen LogP contribution in [-0.4, -0.2) is 67.2 Å². The first kappa shape index (κ1) is 19.7. The zero-order valence-corrected chi connectivity index (χ0v) is 16.6. The summed E-state index contributed by atoms with van der Waals surface area (Å²) in [5.74, 6) is 2.69. The molecule has 1 aromatic carbocycles. The number of nitrogens with one attached hydrogen (secondary N) is 1. The minimum atomic E-state index is -0.0298. The van der Waals surface area contributed by atoms with E-state index >= 15 is 0 Å². The average molecular weight is 385 g/mol. The van der Waals surface area contributed by atoms with Gasteiger partial charge in [-0.25, -0.2) is 4.98 Å². The standard InChI is InChI=1S/C20H27N5O3/c1-4-21-20-22-15(2)13-18(23-20)24-9-11-25(12-10-24)19(26)14-28-17-8-6-5-7-16(17)27-3/h5-8,13H,4,9-12,14H2,1-3H3,(H,21,22,23). The molecule has 0 unspecified atom stereocenters. The van der Waals surface area contributed by atoms with E-state index in [0.717, 1.165) is 31.1 Å². The molecular formula is C20H27N5O3. The normalized spacial score (nSPS) is 14.0. The first-order chi connectivity index (χ1) is 13.6. The number of hydrogen-bond acceptors (Lipinski definition) is 7. The highest BCUT2D eigenvalue weighted by Crippen LogP contribution is 2.25. The van der Waals surface area contributed by atoms with E-state index in [-0.39, 0.29) is 12.5 Å². The molecule has 3 rings (SSSR count). The number of anilines is 2. The minimum Gasteiger partial charge on any atom is -0.493 e. The Morgan fingerprint density at radius 2 is 1.86 bits per heavy atom. The molecule has 1 aliphatic heterocycles. The molecule has 1 fully saturated rings. The maximum atomic E-state index is 12.5. The SMILES string of the molecule is CCNc1nc(C)cc(N2CCN(C(=O)COc3ccccc3OC)CC2)n1. The molecule has 1 N–H and O–H groups in total. The van der Waals surface area contributed by atoms with Crippen LogP contribution < -0.4 is 19.7 Å². The molecule has 0 saturated carbocycles. The van der Waals surface area contributed by atoms with Crippen molar-refractivity contribution in [1.82, 2.24) is 14.9 Å². The van der Waals surface area contributed by atoms with E-state index in [0.29, 0.717) is 30.5 Å². The lowest BCUT2D eigenvalue weighted by atomic mass is 10.3. The van der Waals surface area contributed by atoms with Crippen LogP contribution in [0.5, 0.6) is 11.5 Å². The Hall–Kier alpha value is -3.03. The van der Waals surface area contributed by atoms with Gasteiger partial charge in [-0.1, -0.05) is 12.1 Å². The molecule has 0 bridgehead atoms. The lowest BCUT2D eigenvalue weighted by molar-refractivity contribution is -0.133. The van der Waals surface area contributed by atoms with Crippen LogP contribution in [0, 0.1) is 6.92 Å². The predicted octanol–water partition coefficient (Wildman–Crippen LogP) is 1.95. The number of rotatable bonds is 7. The van der Waals surface area contributed by atoms with Gasteiger partial charge in [0.15, 0.2) is 18.1 Å². The van der Waals surface area contributed by atoms with Crippen LogP contribution in [-0.2, 0) is 4.79 Å². The fraction of sp³-hybridized carbons (Fsp3) is 0.450. The predicted molar refractivity (Wildman–Crippen MR) is 108 cm³/mol. The van der Waals surface area contributed by atoms with Gasteiger partial charge < -0.3 is 24.6 Å². The van der Waals surface area contributed by atoms with Crippen LogP contribution in [0.3, 0.4) is 0 Å². The highest BCUT2D eigenvalue weighted by molar-refractivity contribution is 5.78. The van der Waals surface area contributed by atoms with Crippen molar-refractivity contribution in [3.63, 3.8) is 0 Å². The summed E-state index contributed by atoms with van der Waals surface area (Å²) in [6, 6.07) is 9.30. The van der Waals surface area contributed by atoms with Crippen LogP contribution in [0.2, 0.25) is 0 Å². The van der Waals surface area contributed by atoms with Crippen LogP contribution in [0.25, 0.3) is 0 Å². The molecule has 2 aromatic rings. The number of nitrogens with zero attached hydrogens (tertiary/aromatic N) is 4. The van der Waals surface area contributed by atoms with Crippen LogP contribution in [0.15, 0.2) is 30.3 Å². The van der Waals surface area contributed by atoms with Crippen molar-refractivity contribution >= 4 is 17.7 Å². The highest BCUT2D eigenvalue weighted by Gasteiger charge is 2.23. The van der Waals surface area contributed by atoms with Crippen LogP contribution in [0.4, 0.5) is 11.8 Å². The number of methoxy groups -OCH3 is 1. The lowest BCUT2D eigenvalue weighted by Crippen LogP contribution is -2.50. The molecule has 8 nitrogen and oxygen atoms in total. The monoisotopic (exact) mass is 385 g/mol. The Balaban J connectivity index is 1.54. The molecule has 1 saturated heterocycles. The Bertz CT molecular complexity index is 806. The third-order valence-corrected chi connectivity index (χ3v) is 4.55. The molecule has 0 atom stereocenters. The molecule has 2 heterocycles. The highest BCUT2D eigenvalue weighted by atomic mass is 16.5. The minimum absolute atomic E-state index is 0.00242. The van der Waals surface area contributed by atoms with Crippen molar-refractivity contribution in [3.05, 3.63) is 36.0 Å². The average Bonchev–Trinajstić information content (AvgIpc) is 2.72. The Morgan fingerprint density at radius 1 is 1.14 bits per heavy atom. The summed E-state index contributed by atoms with van der Waals surface area (Å²) < 4.78 is 10.9. The van der Waals surface area contributed by atoms with E-state index < -0.39 is 0 Å². The van der Waals surface area contributed by atoms with Gasteiger partial charge in [0.05, 0.1) is 7.11 Å². The zero-order chi connectivity index (χ0) is 19.9. The molecule has 0 aliphatic carbocycles. The van der Waals surface area contributed by atoms with Crippen molar-refractivity contribution in [2.24, 2.45) is 0 Å². The van der Waals surface area contributed by atoms with Gasteiger partial charge in [0, 0.05) is 44.5 Å². The quantitative estimate of drug-likeness (QED) is 0.780. The van der Waals surface area contributed by atoms with E-state index in [4.69, 9.17) is 9.47 Å². The van der Waals surface area contributed by atoms with E-state index in [1.54, 1.807) is 13.2 Å². The number of carbonyl (C=O) groups is 1. The van der Waals surface area contributed by atoms with Gasteiger partial charge in [0.25, 0.3) is 5.91 Å². The van der Waals surface area contributed by atoms with Gasteiger partial charge in [-0.2, -0.15) is 4.98 Å². The molecule has 8 heteroatoms. The number of hydrogen-bond donors (Lipinski definition) is 1. The van der Waals surface area contributed by atoms with Gasteiger partial charge in [0.1, 0.15) is 5.82 Å². The summed E-state index contributed by atoms with van der Waals surface area (Å²) in [5, 5.41) is 3.16. The second-order valence-corrected chi connectivity index (χ2v) is 6.53. The molecule has 1 aliphatic rings. The van der Waals surface area contributed by atoms with Gasteiger partial charge in [-0.15, -0.1) is 0 Å². The van der Waals surface area contributed by atoms with E-state index in [9.17, 15) is 4.79 Å². The maximum Gasteiger partial charge on any atom is 0.260 e. The summed E-state index contributed by atoms with van der Waals surface area (Å²) in [7, 11) is 1.58. The number of ether oxygens (including phenoxy) is 2. The fourth-order valence-corrected chi connectivity index (χ4v) is 3.10. The van der Waals surface area contributed by atoms with Gasteiger partial charge >= 0.3 is 0 Å².